The first kappa shape index (κ1) is 13.5. The van der Waals surface area contributed by atoms with Gasteiger partial charge in [-0.1, -0.05) is 51.3 Å². The molecule has 0 amide bonds. The van der Waals surface area contributed by atoms with E-state index in [1.54, 1.807) is 12.1 Å². The monoisotopic (exact) mass is 345 g/mol. The number of nitrogens with two attached hydrogens (primary N) is 1. The lowest BCUT2D eigenvalue weighted by Crippen LogP contribution is -1.97. The maximum absolute atomic E-state index is 6.03. The van der Waals surface area contributed by atoms with E-state index in [0.29, 0.717) is 28.1 Å². The van der Waals surface area contributed by atoms with Gasteiger partial charge in [-0.15, -0.1) is 0 Å². The number of halogens is 3. The van der Waals surface area contributed by atoms with Crippen LogP contribution in [-0.4, -0.2) is 0 Å². The Hall–Kier alpha value is -0.900. The van der Waals surface area contributed by atoms with Crippen LogP contribution in [0.15, 0.2) is 40.9 Å². The molecule has 2 nitrogen and oxygen atoms in total. The summed E-state index contributed by atoms with van der Waals surface area (Å²) in [5, 5.41) is 0.828. The van der Waals surface area contributed by atoms with E-state index in [4.69, 9.17) is 33.7 Å². The standard InChI is InChI=1S/C13H10BrCl2NO/c14-9-3-1-8(2-4-9)7-18-13-11(15)5-10(17)6-12(13)16/h1-6H,7,17H2. The van der Waals surface area contributed by atoms with Crippen LogP contribution in [-0.2, 0) is 6.61 Å². The predicted octanol–water partition coefficient (Wildman–Crippen LogP) is 4.92. The van der Waals surface area contributed by atoms with Gasteiger partial charge in [-0.2, -0.15) is 0 Å². The largest absolute Gasteiger partial charge is 0.486 e. The van der Waals surface area contributed by atoms with Crippen LogP contribution < -0.4 is 10.5 Å². The van der Waals surface area contributed by atoms with Gasteiger partial charge in [0.15, 0.2) is 5.75 Å². The van der Waals surface area contributed by atoms with Crippen molar-refractivity contribution < 1.29 is 4.74 Å². The van der Waals surface area contributed by atoms with Crippen LogP contribution in [0.4, 0.5) is 5.69 Å². The Morgan fingerprint density at radius 1 is 1.06 bits per heavy atom. The molecule has 0 bridgehead atoms. The minimum absolute atomic E-state index is 0.399. The number of rotatable bonds is 3. The van der Waals surface area contributed by atoms with Crippen molar-refractivity contribution >= 4 is 44.8 Å². The fourth-order valence-electron chi connectivity index (χ4n) is 1.45. The Balaban J connectivity index is 2.13. The van der Waals surface area contributed by atoms with E-state index in [9.17, 15) is 0 Å². The van der Waals surface area contributed by atoms with E-state index < -0.39 is 0 Å². The first-order valence-electron chi connectivity index (χ1n) is 5.18. The highest BCUT2D eigenvalue weighted by molar-refractivity contribution is 9.10. The second kappa shape index (κ2) is 5.83. The molecular weight excluding hydrogens is 337 g/mol. The summed E-state index contributed by atoms with van der Waals surface area (Å²) in [5.74, 6) is 0.454. The summed E-state index contributed by atoms with van der Waals surface area (Å²) in [4.78, 5) is 0. The molecule has 0 saturated carbocycles. The van der Waals surface area contributed by atoms with Gasteiger partial charge in [0.25, 0.3) is 0 Å². The fraction of sp³-hybridized carbons (Fsp3) is 0.0769. The summed E-state index contributed by atoms with van der Waals surface area (Å²) < 4.78 is 6.64. The minimum Gasteiger partial charge on any atom is -0.486 e. The van der Waals surface area contributed by atoms with E-state index >= 15 is 0 Å². The van der Waals surface area contributed by atoms with E-state index in [-0.39, 0.29) is 0 Å². The van der Waals surface area contributed by atoms with E-state index in [1.165, 1.54) is 0 Å². The van der Waals surface area contributed by atoms with Crippen molar-refractivity contribution in [3.8, 4) is 5.75 Å². The average molecular weight is 347 g/mol. The molecule has 0 aromatic heterocycles. The molecule has 5 heteroatoms. The molecule has 0 spiro atoms. The van der Waals surface area contributed by atoms with Crippen molar-refractivity contribution in [1.82, 2.24) is 0 Å². The van der Waals surface area contributed by atoms with Crippen LogP contribution in [0.1, 0.15) is 5.56 Å². The van der Waals surface area contributed by atoms with Gasteiger partial charge in [-0.25, -0.2) is 0 Å². The number of nitrogen functional groups attached to an aromatic ring is 1. The molecule has 0 unspecified atom stereocenters. The molecular formula is C13H10BrCl2NO. The zero-order chi connectivity index (χ0) is 13.1. The molecule has 2 aromatic rings. The smallest absolute Gasteiger partial charge is 0.157 e. The first-order chi connectivity index (χ1) is 8.56. The molecule has 2 N–H and O–H groups in total. The maximum Gasteiger partial charge on any atom is 0.157 e. The molecule has 0 radical (unpaired) electrons. The van der Waals surface area contributed by atoms with Gasteiger partial charge < -0.3 is 10.5 Å². The molecule has 0 atom stereocenters. The van der Waals surface area contributed by atoms with Gasteiger partial charge in [-0.3, -0.25) is 0 Å². The summed E-state index contributed by atoms with van der Waals surface area (Å²) >= 11 is 15.4. The molecule has 0 fully saturated rings. The lowest BCUT2D eigenvalue weighted by Gasteiger charge is -2.10. The quantitative estimate of drug-likeness (QED) is 0.801. The zero-order valence-corrected chi connectivity index (χ0v) is 12.4. The maximum atomic E-state index is 6.03. The van der Waals surface area contributed by atoms with Crippen molar-refractivity contribution in [2.75, 3.05) is 5.73 Å². The van der Waals surface area contributed by atoms with Crippen LogP contribution in [0.3, 0.4) is 0 Å². The normalized spacial score (nSPS) is 10.4. The molecule has 0 aliphatic carbocycles. The number of hydrogen-bond acceptors (Lipinski definition) is 2. The highest BCUT2D eigenvalue weighted by Crippen LogP contribution is 2.35. The lowest BCUT2D eigenvalue weighted by atomic mass is 10.2. The van der Waals surface area contributed by atoms with Crippen molar-refractivity contribution in [3.05, 3.63) is 56.5 Å². The van der Waals surface area contributed by atoms with Crippen molar-refractivity contribution in [2.45, 2.75) is 6.61 Å². The van der Waals surface area contributed by atoms with E-state index in [0.717, 1.165) is 10.0 Å². The minimum atomic E-state index is 0.399. The average Bonchev–Trinajstić information content (AvgIpc) is 2.30. The second-order valence-corrected chi connectivity index (χ2v) is 5.46. The number of hydrogen-bond donors (Lipinski definition) is 1. The third-order valence-corrected chi connectivity index (χ3v) is 3.41. The van der Waals surface area contributed by atoms with Crippen molar-refractivity contribution in [2.24, 2.45) is 0 Å². The third-order valence-electron chi connectivity index (χ3n) is 2.32. The summed E-state index contributed by atoms with van der Waals surface area (Å²) in [5.41, 5.74) is 7.17. The molecule has 0 heterocycles. The second-order valence-electron chi connectivity index (χ2n) is 3.73. The summed E-state index contributed by atoms with van der Waals surface area (Å²) in [6.07, 6.45) is 0. The molecule has 94 valence electrons. The van der Waals surface area contributed by atoms with Crippen LogP contribution in [0, 0.1) is 0 Å². The van der Waals surface area contributed by atoms with Gasteiger partial charge >= 0.3 is 0 Å². The van der Waals surface area contributed by atoms with E-state index in [1.807, 2.05) is 24.3 Å². The SMILES string of the molecule is Nc1cc(Cl)c(OCc2ccc(Br)cc2)c(Cl)c1. The Morgan fingerprint density at radius 2 is 1.61 bits per heavy atom. The van der Waals surface area contributed by atoms with Gasteiger partial charge in [0.05, 0.1) is 10.0 Å². The lowest BCUT2D eigenvalue weighted by molar-refractivity contribution is 0.306. The molecule has 0 aliphatic heterocycles. The topological polar surface area (TPSA) is 35.2 Å². The van der Waals surface area contributed by atoms with Crippen LogP contribution >= 0.6 is 39.1 Å². The molecule has 0 saturated heterocycles. The highest BCUT2D eigenvalue weighted by Gasteiger charge is 2.08. The zero-order valence-electron chi connectivity index (χ0n) is 9.29. The summed E-state index contributed by atoms with van der Waals surface area (Å²) in [7, 11) is 0. The molecule has 2 aromatic carbocycles. The molecule has 0 aliphatic rings. The Kier molecular flexibility index (Phi) is 4.38. The molecule has 2 rings (SSSR count). The van der Waals surface area contributed by atoms with Gasteiger partial charge in [0.2, 0.25) is 0 Å². The number of benzene rings is 2. The highest BCUT2D eigenvalue weighted by atomic mass is 79.9. The van der Waals surface area contributed by atoms with Crippen LogP contribution in [0.25, 0.3) is 0 Å². The van der Waals surface area contributed by atoms with Crippen molar-refractivity contribution in [3.63, 3.8) is 0 Å². The first-order valence-corrected chi connectivity index (χ1v) is 6.73. The summed E-state index contributed by atoms with van der Waals surface area (Å²) in [6, 6.07) is 11.1. The Labute approximate surface area is 124 Å². The summed E-state index contributed by atoms with van der Waals surface area (Å²) in [6.45, 7) is 0.399. The van der Waals surface area contributed by atoms with Gasteiger partial charge in [0.1, 0.15) is 6.61 Å². The van der Waals surface area contributed by atoms with Crippen LogP contribution in [0.5, 0.6) is 5.75 Å². The van der Waals surface area contributed by atoms with Gasteiger partial charge in [-0.05, 0) is 29.8 Å². The number of ether oxygens (including phenoxy) is 1. The third kappa shape index (κ3) is 3.31. The molecule has 18 heavy (non-hydrogen) atoms. The van der Waals surface area contributed by atoms with Crippen LogP contribution in [0.2, 0.25) is 10.0 Å². The number of anilines is 1. The Bertz CT molecular complexity index is 534. The fourth-order valence-corrected chi connectivity index (χ4v) is 2.33. The van der Waals surface area contributed by atoms with Gasteiger partial charge in [0, 0.05) is 10.2 Å². The van der Waals surface area contributed by atoms with E-state index in [2.05, 4.69) is 15.9 Å². The van der Waals surface area contributed by atoms with Crippen molar-refractivity contribution in [1.29, 1.82) is 0 Å². The predicted molar refractivity (Wildman–Crippen MR) is 79.3 cm³/mol. The Morgan fingerprint density at radius 3 is 2.17 bits per heavy atom.